The lowest BCUT2D eigenvalue weighted by Crippen LogP contribution is -2.43. The van der Waals surface area contributed by atoms with Crippen molar-refractivity contribution < 1.29 is 31.7 Å². The number of fused-ring (bicyclic) bond motifs is 1. The molecule has 1 aromatic heterocycles. The molecule has 12 heteroatoms. The first kappa shape index (κ1) is 34.2. The van der Waals surface area contributed by atoms with Crippen LogP contribution < -0.4 is 0 Å². The van der Waals surface area contributed by atoms with Gasteiger partial charge in [0.2, 0.25) is 0 Å². The minimum Gasteiger partial charge on any atom is -0.444 e. The average Bonchev–Trinajstić information content (AvgIpc) is 3.26. The Balaban J connectivity index is 0.000000241. The number of likely N-dealkylation sites (tertiary alicyclic amines) is 2. The van der Waals surface area contributed by atoms with E-state index in [1.165, 1.54) is 16.5 Å². The van der Waals surface area contributed by atoms with E-state index in [-0.39, 0.29) is 18.3 Å². The minimum atomic E-state index is -3.42. The van der Waals surface area contributed by atoms with Gasteiger partial charge in [0.1, 0.15) is 11.2 Å². The summed E-state index contributed by atoms with van der Waals surface area (Å²) in [7, 11) is -3.42. The van der Waals surface area contributed by atoms with Gasteiger partial charge in [-0.3, -0.25) is 4.18 Å². The fraction of sp³-hybridized carbons (Fsp3) is 0.667. The van der Waals surface area contributed by atoms with Crippen molar-refractivity contribution in [3.05, 3.63) is 34.4 Å². The monoisotopic (exact) mass is 671 g/mol. The van der Waals surface area contributed by atoms with Crippen molar-refractivity contribution >= 4 is 49.1 Å². The van der Waals surface area contributed by atoms with Crippen molar-refractivity contribution in [1.29, 1.82) is 0 Å². The fourth-order valence-electron chi connectivity index (χ4n) is 5.14. The van der Waals surface area contributed by atoms with Crippen LogP contribution in [0.25, 0.3) is 10.9 Å². The minimum absolute atomic E-state index is 0.196. The third kappa shape index (κ3) is 10.4. The van der Waals surface area contributed by atoms with Crippen LogP contribution in [0.15, 0.2) is 28.9 Å². The molecule has 0 atom stereocenters. The molecule has 4 rings (SSSR count). The molecule has 10 nitrogen and oxygen atoms in total. The van der Waals surface area contributed by atoms with Gasteiger partial charge in [0, 0.05) is 48.3 Å². The van der Waals surface area contributed by atoms with E-state index < -0.39 is 21.3 Å². The summed E-state index contributed by atoms with van der Waals surface area (Å²) in [5, 5.41) is 1.26. The number of aromatic nitrogens is 1. The van der Waals surface area contributed by atoms with Crippen molar-refractivity contribution in [3.8, 4) is 0 Å². The topological polar surface area (TPSA) is 107 Å². The predicted octanol–water partition coefficient (Wildman–Crippen LogP) is 6.65. The van der Waals surface area contributed by atoms with Crippen LogP contribution in [0.4, 0.5) is 9.59 Å². The lowest BCUT2D eigenvalue weighted by atomic mass is 10.0. The molecule has 2 aromatic rings. The molecule has 0 bridgehead atoms. The lowest BCUT2D eigenvalue weighted by Gasteiger charge is -2.34. The normalized spacial score (nSPS) is 17.5. The number of rotatable bonds is 3. The fourth-order valence-corrected chi connectivity index (χ4v) is 6.42. The van der Waals surface area contributed by atoms with Crippen molar-refractivity contribution in [2.45, 2.75) is 97.5 Å². The number of carbonyl (C=O) groups excluding carboxylic acids is 2. The maximum absolute atomic E-state index is 12.2. The summed E-state index contributed by atoms with van der Waals surface area (Å²) in [5.74, 6) is 0. The zero-order valence-electron chi connectivity index (χ0n) is 26.1. The third-order valence-corrected chi connectivity index (χ3v) is 7.96. The SMILES string of the molecule is CC(C)(C)OC(=O)N1CCC(OS(C)(=O)=O)CC1.Cc1cc(Br)cc2ccn(C3CCN(C(=O)OC(C)(C)C)CC3)c12. The van der Waals surface area contributed by atoms with Gasteiger partial charge in [-0.1, -0.05) is 15.9 Å². The van der Waals surface area contributed by atoms with Crippen LogP contribution in [0.2, 0.25) is 0 Å². The lowest BCUT2D eigenvalue weighted by molar-refractivity contribution is 0.0131. The number of halogens is 1. The number of carbonyl (C=O) groups is 2. The van der Waals surface area contributed by atoms with E-state index >= 15 is 0 Å². The number of hydrogen-bond donors (Lipinski definition) is 0. The molecule has 0 aliphatic carbocycles. The first-order valence-corrected chi connectivity index (χ1v) is 17.0. The second-order valence-corrected chi connectivity index (χ2v) is 15.6. The number of hydrogen-bond acceptors (Lipinski definition) is 7. The van der Waals surface area contributed by atoms with E-state index in [2.05, 4.69) is 51.8 Å². The predicted molar refractivity (Wildman–Crippen MR) is 167 cm³/mol. The second-order valence-electron chi connectivity index (χ2n) is 13.0. The smallest absolute Gasteiger partial charge is 0.410 e. The molecule has 0 N–H and O–H groups in total. The summed E-state index contributed by atoms with van der Waals surface area (Å²) in [6.45, 7) is 15.7. The summed E-state index contributed by atoms with van der Waals surface area (Å²) >= 11 is 3.57. The molecule has 2 aliphatic heterocycles. The van der Waals surface area contributed by atoms with Gasteiger partial charge in [-0.25, -0.2) is 9.59 Å². The van der Waals surface area contributed by atoms with E-state index in [9.17, 15) is 18.0 Å². The number of nitrogens with zero attached hydrogens (tertiary/aromatic N) is 3. The summed E-state index contributed by atoms with van der Waals surface area (Å²) < 4.78 is 41.1. The number of ether oxygens (including phenoxy) is 2. The Morgan fingerprint density at radius 1 is 0.857 bits per heavy atom. The Labute approximate surface area is 258 Å². The second kappa shape index (κ2) is 13.5. The molecule has 0 saturated carbocycles. The molecule has 2 saturated heterocycles. The largest absolute Gasteiger partial charge is 0.444 e. The van der Waals surface area contributed by atoms with Crippen molar-refractivity contribution in [2.75, 3.05) is 32.4 Å². The highest BCUT2D eigenvalue weighted by atomic mass is 79.9. The standard InChI is InChI=1S/C19H25BrN2O2.C11H21NO5S/c1-13-11-15(20)12-14-5-10-22(17(13)14)16-6-8-21(9-7-16)18(23)24-19(2,3)4;1-11(2,3)16-10(13)12-7-5-9(6-8-12)17-18(4,14)15/h5,10-12,16H,6-9H2,1-4H3;9H,5-8H2,1-4H3. The van der Waals surface area contributed by atoms with E-state index in [0.29, 0.717) is 32.0 Å². The van der Waals surface area contributed by atoms with Gasteiger partial charge < -0.3 is 23.8 Å². The van der Waals surface area contributed by atoms with Gasteiger partial charge in [0.05, 0.1) is 17.9 Å². The third-order valence-electron chi connectivity index (χ3n) is 6.88. The van der Waals surface area contributed by atoms with E-state index in [1.807, 2.05) is 46.4 Å². The van der Waals surface area contributed by atoms with Crippen LogP contribution in [-0.2, 0) is 23.8 Å². The van der Waals surface area contributed by atoms with Crippen LogP contribution in [0, 0.1) is 6.92 Å². The first-order valence-electron chi connectivity index (χ1n) is 14.4. The maximum Gasteiger partial charge on any atom is 0.410 e. The average molecular weight is 673 g/mol. The molecule has 236 valence electrons. The molecular weight excluding hydrogens is 626 g/mol. The van der Waals surface area contributed by atoms with Gasteiger partial charge in [-0.15, -0.1) is 0 Å². The van der Waals surface area contributed by atoms with E-state index in [1.54, 1.807) is 4.90 Å². The zero-order chi connectivity index (χ0) is 31.5. The molecule has 2 aliphatic rings. The van der Waals surface area contributed by atoms with Gasteiger partial charge in [-0.05, 0) is 97.9 Å². The number of amides is 2. The summed E-state index contributed by atoms with van der Waals surface area (Å²) in [6.07, 6.45) is 5.25. The van der Waals surface area contributed by atoms with Crippen LogP contribution in [0.1, 0.15) is 78.8 Å². The molecule has 0 spiro atoms. The maximum atomic E-state index is 12.2. The quantitative estimate of drug-likeness (QED) is 0.336. The van der Waals surface area contributed by atoms with Crippen molar-refractivity contribution in [2.24, 2.45) is 0 Å². The van der Waals surface area contributed by atoms with Gasteiger partial charge in [-0.2, -0.15) is 8.42 Å². The van der Waals surface area contributed by atoms with Gasteiger partial charge in [0.15, 0.2) is 0 Å². The zero-order valence-corrected chi connectivity index (χ0v) is 28.5. The Hall–Kier alpha value is -2.31. The first-order chi connectivity index (χ1) is 19.3. The molecule has 0 unspecified atom stereocenters. The van der Waals surface area contributed by atoms with Crippen LogP contribution in [0.5, 0.6) is 0 Å². The molecule has 2 fully saturated rings. The molecule has 42 heavy (non-hydrogen) atoms. The molecular formula is C30H46BrN3O7S. The molecule has 2 amide bonds. The summed E-state index contributed by atoms with van der Waals surface area (Å²) in [5.41, 5.74) is 1.62. The van der Waals surface area contributed by atoms with E-state index in [0.717, 1.165) is 36.7 Å². The van der Waals surface area contributed by atoms with Crippen molar-refractivity contribution in [1.82, 2.24) is 14.4 Å². The Bertz CT molecular complexity index is 1350. The number of aryl methyl sites for hydroxylation is 1. The van der Waals surface area contributed by atoms with Crippen LogP contribution in [0.3, 0.4) is 0 Å². The Kier molecular flexibility index (Phi) is 11.0. The van der Waals surface area contributed by atoms with E-state index in [4.69, 9.17) is 13.7 Å². The van der Waals surface area contributed by atoms with Gasteiger partial charge in [0.25, 0.3) is 10.1 Å². The summed E-state index contributed by atoms with van der Waals surface area (Å²) in [6, 6.07) is 6.93. The number of piperidine rings is 2. The number of benzene rings is 1. The molecule has 0 radical (unpaired) electrons. The molecule has 3 heterocycles. The Morgan fingerprint density at radius 2 is 1.33 bits per heavy atom. The molecule has 1 aromatic carbocycles. The highest BCUT2D eigenvalue weighted by molar-refractivity contribution is 9.10. The van der Waals surface area contributed by atoms with Gasteiger partial charge >= 0.3 is 12.2 Å². The Morgan fingerprint density at radius 3 is 1.79 bits per heavy atom. The van der Waals surface area contributed by atoms with Crippen LogP contribution >= 0.6 is 15.9 Å². The highest BCUT2D eigenvalue weighted by Crippen LogP contribution is 2.32. The van der Waals surface area contributed by atoms with Crippen molar-refractivity contribution in [3.63, 3.8) is 0 Å². The van der Waals surface area contributed by atoms with Crippen LogP contribution in [-0.4, -0.2) is 84.7 Å². The summed E-state index contributed by atoms with van der Waals surface area (Å²) in [4.78, 5) is 27.4. The highest BCUT2D eigenvalue weighted by Gasteiger charge is 2.29.